The van der Waals surface area contributed by atoms with Crippen molar-refractivity contribution in [3.05, 3.63) is 30.2 Å². The van der Waals surface area contributed by atoms with Gasteiger partial charge in [0.2, 0.25) is 0 Å². The second-order valence-electron chi connectivity index (χ2n) is 3.75. The van der Waals surface area contributed by atoms with Crippen molar-refractivity contribution in [1.29, 1.82) is 0 Å². The van der Waals surface area contributed by atoms with Crippen LogP contribution in [0.4, 0.5) is 0 Å². The average Bonchev–Trinajstić information content (AvgIpc) is 2.97. The van der Waals surface area contributed by atoms with Crippen molar-refractivity contribution in [1.82, 2.24) is 9.38 Å². The van der Waals surface area contributed by atoms with Crippen LogP contribution in [0.25, 0.3) is 5.65 Å². The Morgan fingerprint density at radius 1 is 1.50 bits per heavy atom. The van der Waals surface area contributed by atoms with Crippen LogP contribution in [-0.2, 0) is 0 Å². The summed E-state index contributed by atoms with van der Waals surface area (Å²) in [7, 11) is 1.68. The van der Waals surface area contributed by atoms with E-state index >= 15 is 0 Å². The number of aromatic nitrogens is 2. The lowest BCUT2D eigenvalue weighted by molar-refractivity contribution is 0.417. The van der Waals surface area contributed by atoms with E-state index in [2.05, 4.69) is 11.2 Å². The molecule has 3 heteroatoms. The van der Waals surface area contributed by atoms with Gasteiger partial charge in [-0.25, -0.2) is 4.98 Å². The molecule has 1 aliphatic rings. The highest BCUT2D eigenvalue weighted by atomic mass is 16.5. The molecule has 1 fully saturated rings. The van der Waals surface area contributed by atoms with Crippen molar-refractivity contribution >= 4 is 5.65 Å². The van der Waals surface area contributed by atoms with Crippen LogP contribution in [0, 0.1) is 0 Å². The Morgan fingerprint density at radius 2 is 2.36 bits per heavy atom. The first-order chi connectivity index (χ1) is 6.88. The van der Waals surface area contributed by atoms with E-state index in [0.29, 0.717) is 5.92 Å². The Morgan fingerprint density at radius 3 is 3.07 bits per heavy atom. The molecule has 3 nitrogen and oxygen atoms in total. The topological polar surface area (TPSA) is 26.5 Å². The highest BCUT2D eigenvalue weighted by Gasteiger charge is 2.26. The number of fused-ring (bicyclic) bond motifs is 1. The third-order valence-electron chi connectivity index (χ3n) is 2.68. The Labute approximate surface area is 82.3 Å². The highest BCUT2D eigenvalue weighted by Crippen LogP contribution is 2.39. The Kier molecular flexibility index (Phi) is 1.54. The van der Waals surface area contributed by atoms with E-state index in [9.17, 15) is 0 Å². The first-order valence-corrected chi connectivity index (χ1v) is 4.90. The number of hydrogen-bond acceptors (Lipinski definition) is 2. The van der Waals surface area contributed by atoms with E-state index in [0.717, 1.165) is 11.4 Å². The molecule has 0 aliphatic heterocycles. The monoisotopic (exact) mass is 188 g/mol. The molecule has 0 unspecified atom stereocenters. The maximum absolute atomic E-state index is 5.26. The fourth-order valence-corrected chi connectivity index (χ4v) is 1.74. The molecule has 0 saturated heterocycles. The second-order valence-corrected chi connectivity index (χ2v) is 3.75. The third kappa shape index (κ3) is 1.09. The molecular weight excluding hydrogens is 176 g/mol. The Hall–Kier alpha value is -1.51. The summed E-state index contributed by atoms with van der Waals surface area (Å²) in [6.07, 6.45) is 6.69. The van der Waals surface area contributed by atoms with Crippen molar-refractivity contribution < 1.29 is 4.74 Å². The summed E-state index contributed by atoms with van der Waals surface area (Å²) in [6, 6.07) is 3.92. The quantitative estimate of drug-likeness (QED) is 0.722. The SMILES string of the molecule is COc1cccn2cc(C3CC3)nc12. The van der Waals surface area contributed by atoms with Gasteiger partial charge in [-0.1, -0.05) is 0 Å². The molecule has 0 amide bonds. The van der Waals surface area contributed by atoms with E-state index in [1.165, 1.54) is 18.5 Å². The van der Waals surface area contributed by atoms with Crippen molar-refractivity contribution in [3.8, 4) is 5.75 Å². The lowest BCUT2D eigenvalue weighted by atomic mass is 10.3. The minimum absolute atomic E-state index is 0.694. The van der Waals surface area contributed by atoms with E-state index in [-0.39, 0.29) is 0 Å². The number of methoxy groups -OCH3 is 1. The number of imidazole rings is 1. The number of rotatable bonds is 2. The number of nitrogens with zero attached hydrogens (tertiary/aromatic N) is 2. The van der Waals surface area contributed by atoms with E-state index in [4.69, 9.17) is 4.74 Å². The van der Waals surface area contributed by atoms with Gasteiger partial charge in [0.1, 0.15) is 0 Å². The van der Waals surface area contributed by atoms with Crippen LogP contribution >= 0.6 is 0 Å². The van der Waals surface area contributed by atoms with Crippen LogP contribution in [0.3, 0.4) is 0 Å². The van der Waals surface area contributed by atoms with Crippen LogP contribution in [0.5, 0.6) is 5.75 Å². The lowest BCUT2D eigenvalue weighted by Gasteiger charge is -1.99. The average molecular weight is 188 g/mol. The van der Waals surface area contributed by atoms with Crippen molar-refractivity contribution in [3.63, 3.8) is 0 Å². The minimum atomic E-state index is 0.694. The molecule has 0 atom stereocenters. The van der Waals surface area contributed by atoms with Gasteiger partial charge in [0.25, 0.3) is 0 Å². The first-order valence-electron chi connectivity index (χ1n) is 4.90. The highest BCUT2D eigenvalue weighted by molar-refractivity contribution is 5.54. The zero-order chi connectivity index (χ0) is 9.54. The van der Waals surface area contributed by atoms with Crippen LogP contribution in [0.15, 0.2) is 24.5 Å². The summed E-state index contributed by atoms with van der Waals surface area (Å²) >= 11 is 0. The van der Waals surface area contributed by atoms with Crippen LogP contribution < -0.4 is 4.74 Å². The first kappa shape index (κ1) is 7.85. The van der Waals surface area contributed by atoms with Gasteiger partial charge in [-0.15, -0.1) is 0 Å². The van der Waals surface area contributed by atoms with Crippen molar-refractivity contribution in [2.45, 2.75) is 18.8 Å². The standard InChI is InChI=1S/C11H12N2O/c1-14-10-3-2-6-13-7-9(8-4-5-8)12-11(10)13/h2-3,6-8H,4-5H2,1H3. The number of hydrogen-bond donors (Lipinski definition) is 0. The van der Waals surface area contributed by atoms with Crippen molar-refractivity contribution in [2.24, 2.45) is 0 Å². The maximum Gasteiger partial charge on any atom is 0.179 e. The third-order valence-corrected chi connectivity index (χ3v) is 2.68. The van der Waals surface area contributed by atoms with Gasteiger partial charge in [0.05, 0.1) is 12.8 Å². The minimum Gasteiger partial charge on any atom is -0.493 e. The Balaban J connectivity index is 2.20. The summed E-state index contributed by atoms with van der Waals surface area (Å²) < 4.78 is 7.29. The fraction of sp³-hybridized carbons (Fsp3) is 0.364. The summed E-state index contributed by atoms with van der Waals surface area (Å²) in [5, 5.41) is 0. The molecule has 2 aromatic rings. The predicted octanol–water partition coefficient (Wildman–Crippen LogP) is 2.22. The van der Waals surface area contributed by atoms with Crippen LogP contribution in [0.2, 0.25) is 0 Å². The molecule has 2 aromatic heterocycles. The fourth-order valence-electron chi connectivity index (χ4n) is 1.74. The van der Waals surface area contributed by atoms with E-state index in [1.54, 1.807) is 7.11 Å². The van der Waals surface area contributed by atoms with Crippen LogP contribution in [-0.4, -0.2) is 16.5 Å². The maximum atomic E-state index is 5.26. The summed E-state index contributed by atoms with van der Waals surface area (Å²) in [6.45, 7) is 0. The molecular formula is C11H12N2O. The molecule has 0 aromatic carbocycles. The predicted molar refractivity (Wildman–Crippen MR) is 53.7 cm³/mol. The largest absolute Gasteiger partial charge is 0.493 e. The zero-order valence-corrected chi connectivity index (χ0v) is 8.10. The molecule has 0 bridgehead atoms. The summed E-state index contributed by atoms with van der Waals surface area (Å²) in [5.74, 6) is 1.54. The van der Waals surface area contributed by atoms with Gasteiger partial charge in [0, 0.05) is 18.3 Å². The molecule has 3 rings (SSSR count). The van der Waals surface area contributed by atoms with Gasteiger partial charge < -0.3 is 9.14 Å². The van der Waals surface area contributed by atoms with Gasteiger partial charge >= 0.3 is 0 Å². The molecule has 72 valence electrons. The smallest absolute Gasteiger partial charge is 0.179 e. The molecule has 14 heavy (non-hydrogen) atoms. The molecule has 2 heterocycles. The molecule has 1 aliphatic carbocycles. The Bertz CT molecular complexity index is 471. The summed E-state index contributed by atoms with van der Waals surface area (Å²) in [4.78, 5) is 4.58. The summed E-state index contributed by atoms with van der Waals surface area (Å²) in [5.41, 5.74) is 2.13. The van der Waals surface area contributed by atoms with E-state index in [1.807, 2.05) is 22.7 Å². The lowest BCUT2D eigenvalue weighted by Crippen LogP contribution is -1.88. The normalized spacial score (nSPS) is 16.1. The van der Waals surface area contributed by atoms with Gasteiger partial charge in [-0.2, -0.15) is 0 Å². The molecule has 0 N–H and O–H groups in total. The second kappa shape index (κ2) is 2.74. The number of pyridine rings is 1. The number of ether oxygens (including phenoxy) is 1. The van der Waals surface area contributed by atoms with Gasteiger partial charge in [0.15, 0.2) is 11.4 Å². The molecule has 1 saturated carbocycles. The zero-order valence-electron chi connectivity index (χ0n) is 8.10. The van der Waals surface area contributed by atoms with Gasteiger partial charge in [-0.3, -0.25) is 0 Å². The van der Waals surface area contributed by atoms with Crippen LogP contribution in [0.1, 0.15) is 24.5 Å². The van der Waals surface area contributed by atoms with Gasteiger partial charge in [-0.05, 0) is 25.0 Å². The molecule has 0 radical (unpaired) electrons. The van der Waals surface area contributed by atoms with E-state index < -0.39 is 0 Å². The van der Waals surface area contributed by atoms with Crippen molar-refractivity contribution in [2.75, 3.05) is 7.11 Å². The molecule has 0 spiro atoms.